The van der Waals surface area contributed by atoms with Crippen LogP contribution in [0.5, 0.6) is 5.75 Å². The number of para-hydroxylation sites is 1. The van der Waals surface area contributed by atoms with Gasteiger partial charge in [-0.3, -0.25) is 4.79 Å². The number of ether oxygens (including phenoxy) is 1. The van der Waals surface area contributed by atoms with Gasteiger partial charge in [0.05, 0.1) is 0 Å². The van der Waals surface area contributed by atoms with Crippen molar-refractivity contribution in [2.45, 2.75) is 19.8 Å². The predicted octanol–water partition coefficient (Wildman–Crippen LogP) is 3.04. The quantitative estimate of drug-likeness (QED) is 0.539. The lowest BCUT2D eigenvalue weighted by Crippen LogP contribution is -2.07. The molecule has 2 heteroatoms. The number of carbonyl (C=O) groups is 1. The molecule has 0 spiro atoms. The van der Waals surface area contributed by atoms with Gasteiger partial charge >= 0.3 is 5.97 Å². The zero-order valence-corrected chi connectivity index (χ0v) is 8.32. The van der Waals surface area contributed by atoms with E-state index in [0.717, 1.165) is 12.0 Å². The van der Waals surface area contributed by atoms with E-state index in [4.69, 9.17) is 4.74 Å². The summed E-state index contributed by atoms with van der Waals surface area (Å²) in [6.45, 7) is 5.60. The zero-order valence-electron chi connectivity index (χ0n) is 8.32. The van der Waals surface area contributed by atoms with Crippen molar-refractivity contribution in [3.05, 3.63) is 36.4 Å². The van der Waals surface area contributed by atoms with Crippen molar-refractivity contribution in [2.75, 3.05) is 0 Å². The van der Waals surface area contributed by atoms with Gasteiger partial charge in [0.1, 0.15) is 5.75 Å². The molecule has 0 radical (unpaired) electrons. The lowest BCUT2D eigenvalue weighted by Gasteiger charge is -2.05. The van der Waals surface area contributed by atoms with Crippen LogP contribution < -0.4 is 4.74 Å². The molecule has 0 fully saturated rings. The summed E-state index contributed by atoms with van der Waals surface area (Å²) in [5, 5.41) is 0. The smallest absolute Gasteiger partial charge is 0.311 e. The maximum absolute atomic E-state index is 11.2. The Morgan fingerprint density at radius 3 is 2.86 bits per heavy atom. The van der Waals surface area contributed by atoms with E-state index in [9.17, 15) is 4.79 Å². The summed E-state index contributed by atoms with van der Waals surface area (Å²) in [6.07, 6.45) is 2.93. The first kappa shape index (κ1) is 10.5. The molecule has 0 aromatic heterocycles. The molecule has 1 rings (SSSR count). The fourth-order valence-electron chi connectivity index (χ4n) is 1.12. The van der Waals surface area contributed by atoms with Crippen molar-refractivity contribution in [3.8, 4) is 5.75 Å². The second-order valence-corrected chi connectivity index (χ2v) is 2.97. The highest BCUT2D eigenvalue weighted by molar-refractivity contribution is 5.74. The molecule has 0 aliphatic rings. The number of carbonyl (C=O) groups excluding carboxylic acids is 1. The van der Waals surface area contributed by atoms with Crippen LogP contribution in [0.25, 0.3) is 6.08 Å². The monoisotopic (exact) mass is 190 g/mol. The average molecular weight is 190 g/mol. The van der Waals surface area contributed by atoms with Gasteiger partial charge in [0.2, 0.25) is 0 Å². The van der Waals surface area contributed by atoms with Gasteiger partial charge in [-0.25, -0.2) is 0 Å². The molecule has 1 aromatic carbocycles. The third-order valence-electron chi connectivity index (χ3n) is 1.82. The average Bonchev–Trinajstić information content (AvgIpc) is 2.19. The molecule has 1 aromatic rings. The summed E-state index contributed by atoms with van der Waals surface area (Å²) >= 11 is 0. The van der Waals surface area contributed by atoms with E-state index < -0.39 is 0 Å². The molecule has 14 heavy (non-hydrogen) atoms. The zero-order chi connectivity index (χ0) is 10.4. The van der Waals surface area contributed by atoms with Crippen molar-refractivity contribution < 1.29 is 9.53 Å². The summed E-state index contributed by atoms with van der Waals surface area (Å²) in [5.74, 6) is 0.391. The van der Waals surface area contributed by atoms with Crippen LogP contribution in [0.1, 0.15) is 25.3 Å². The summed E-state index contributed by atoms with van der Waals surface area (Å²) in [7, 11) is 0. The van der Waals surface area contributed by atoms with Crippen molar-refractivity contribution in [1.82, 2.24) is 0 Å². The molecule has 0 saturated heterocycles. The molecule has 0 unspecified atom stereocenters. The van der Waals surface area contributed by atoms with Crippen LogP contribution in [0.3, 0.4) is 0 Å². The molecule has 0 atom stereocenters. The Labute approximate surface area is 84.2 Å². The molecular formula is C12H14O2. The van der Waals surface area contributed by atoms with E-state index in [0.29, 0.717) is 12.2 Å². The molecular weight excluding hydrogens is 176 g/mol. The van der Waals surface area contributed by atoms with Crippen LogP contribution >= 0.6 is 0 Å². The first-order chi connectivity index (χ1) is 6.77. The Balaban J connectivity index is 2.75. The molecule has 0 aliphatic heterocycles. The lowest BCUT2D eigenvalue weighted by molar-refractivity contribution is -0.134. The second-order valence-electron chi connectivity index (χ2n) is 2.97. The maximum Gasteiger partial charge on any atom is 0.311 e. The van der Waals surface area contributed by atoms with E-state index in [1.807, 2.05) is 25.1 Å². The minimum absolute atomic E-state index is 0.193. The Bertz CT molecular complexity index is 329. The highest BCUT2D eigenvalue weighted by Gasteiger charge is 2.05. The van der Waals surface area contributed by atoms with E-state index in [1.165, 1.54) is 0 Å². The molecule has 0 heterocycles. The van der Waals surface area contributed by atoms with Crippen molar-refractivity contribution in [1.29, 1.82) is 0 Å². The number of benzene rings is 1. The number of hydrogen-bond acceptors (Lipinski definition) is 2. The first-order valence-corrected chi connectivity index (χ1v) is 4.70. The fraction of sp³-hybridized carbons (Fsp3) is 0.250. The standard InChI is InChI=1S/C12H14O2/c1-3-7-12(13)14-11-9-6-5-8-10(11)4-2/h4-6,8-9H,2-3,7H2,1H3. The lowest BCUT2D eigenvalue weighted by atomic mass is 10.2. The van der Waals surface area contributed by atoms with Crippen molar-refractivity contribution in [2.24, 2.45) is 0 Å². The Hall–Kier alpha value is -1.57. The largest absolute Gasteiger partial charge is 0.426 e. The van der Waals surface area contributed by atoms with E-state index >= 15 is 0 Å². The van der Waals surface area contributed by atoms with Crippen LogP contribution in [-0.2, 0) is 4.79 Å². The van der Waals surface area contributed by atoms with Gasteiger partial charge < -0.3 is 4.74 Å². The molecule has 0 N–H and O–H groups in total. The topological polar surface area (TPSA) is 26.3 Å². The van der Waals surface area contributed by atoms with Crippen LogP contribution in [0.4, 0.5) is 0 Å². The van der Waals surface area contributed by atoms with Gasteiger partial charge in [-0.2, -0.15) is 0 Å². The number of esters is 1. The summed E-state index contributed by atoms with van der Waals surface area (Å²) in [6, 6.07) is 7.35. The minimum atomic E-state index is -0.193. The van der Waals surface area contributed by atoms with E-state index in [-0.39, 0.29) is 5.97 Å². The van der Waals surface area contributed by atoms with E-state index in [2.05, 4.69) is 6.58 Å². The first-order valence-electron chi connectivity index (χ1n) is 4.70. The van der Waals surface area contributed by atoms with Gasteiger partial charge in [-0.05, 0) is 12.5 Å². The molecule has 0 amide bonds. The molecule has 74 valence electrons. The third kappa shape index (κ3) is 2.73. The maximum atomic E-state index is 11.2. The van der Waals surface area contributed by atoms with Gasteiger partial charge in [0.25, 0.3) is 0 Å². The van der Waals surface area contributed by atoms with Crippen LogP contribution in [0, 0.1) is 0 Å². The molecule has 0 bridgehead atoms. The van der Waals surface area contributed by atoms with Crippen LogP contribution in [0.2, 0.25) is 0 Å². The van der Waals surface area contributed by atoms with Crippen LogP contribution in [-0.4, -0.2) is 5.97 Å². The molecule has 2 nitrogen and oxygen atoms in total. The van der Waals surface area contributed by atoms with Gasteiger partial charge in [-0.1, -0.05) is 37.8 Å². The Kier molecular flexibility index (Phi) is 3.92. The van der Waals surface area contributed by atoms with E-state index in [1.54, 1.807) is 12.1 Å². The summed E-state index contributed by atoms with van der Waals surface area (Å²) in [5.41, 5.74) is 0.844. The molecule has 0 saturated carbocycles. The summed E-state index contributed by atoms with van der Waals surface area (Å²) < 4.78 is 5.17. The number of hydrogen-bond donors (Lipinski definition) is 0. The Morgan fingerprint density at radius 1 is 1.50 bits per heavy atom. The van der Waals surface area contributed by atoms with Gasteiger partial charge in [-0.15, -0.1) is 0 Å². The summed E-state index contributed by atoms with van der Waals surface area (Å²) in [4.78, 5) is 11.2. The predicted molar refractivity (Wildman–Crippen MR) is 57.1 cm³/mol. The van der Waals surface area contributed by atoms with Gasteiger partial charge in [0.15, 0.2) is 0 Å². The highest BCUT2D eigenvalue weighted by Crippen LogP contribution is 2.19. The third-order valence-corrected chi connectivity index (χ3v) is 1.82. The Morgan fingerprint density at radius 2 is 2.21 bits per heavy atom. The van der Waals surface area contributed by atoms with Crippen molar-refractivity contribution >= 4 is 12.0 Å². The second kappa shape index (κ2) is 5.22. The SMILES string of the molecule is C=Cc1ccccc1OC(=O)CCC. The van der Waals surface area contributed by atoms with Crippen molar-refractivity contribution in [3.63, 3.8) is 0 Å². The minimum Gasteiger partial charge on any atom is -0.426 e. The highest BCUT2D eigenvalue weighted by atomic mass is 16.5. The number of rotatable bonds is 4. The molecule has 0 aliphatic carbocycles. The van der Waals surface area contributed by atoms with Gasteiger partial charge in [0, 0.05) is 12.0 Å². The van der Waals surface area contributed by atoms with Crippen LogP contribution in [0.15, 0.2) is 30.8 Å². The normalized spacial score (nSPS) is 9.50. The fourth-order valence-corrected chi connectivity index (χ4v) is 1.12.